The van der Waals surface area contributed by atoms with Gasteiger partial charge >= 0.3 is 0 Å². The molecule has 0 aliphatic heterocycles. The Morgan fingerprint density at radius 1 is 0.864 bits per heavy atom. The molecule has 0 saturated heterocycles. The van der Waals surface area contributed by atoms with E-state index in [2.05, 4.69) is 13.8 Å². The van der Waals surface area contributed by atoms with E-state index >= 15 is 0 Å². The molecule has 0 aromatic carbocycles. The molecule has 0 aromatic rings. The number of rotatable bonds is 0. The standard InChI is InChI=1S/C19H33NO2/c1-18-7-5-12(20)9-11(18)10-15(21)17-13-3-4-16(22)19(13,2)8-6-14(17)18/h11-17,21-22H,3-10,20H2,1-2H3/t11-,12+,13+,14+,15+,16+,17+,18+,19+/m1/s1. The lowest BCUT2D eigenvalue weighted by Crippen LogP contribution is -2.59. The lowest BCUT2D eigenvalue weighted by atomic mass is 9.44. The summed E-state index contributed by atoms with van der Waals surface area (Å²) >= 11 is 0. The first-order chi connectivity index (χ1) is 10.4. The fourth-order valence-corrected chi connectivity index (χ4v) is 7.23. The van der Waals surface area contributed by atoms with Crippen molar-refractivity contribution in [2.75, 3.05) is 0 Å². The summed E-state index contributed by atoms with van der Waals surface area (Å²) in [5, 5.41) is 21.5. The highest BCUT2D eigenvalue weighted by Crippen LogP contribution is 2.66. The topological polar surface area (TPSA) is 66.5 Å². The maximum atomic E-state index is 11.0. The second kappa shape index (κ2) is 4.94. The van der Waals surface area contributed by atoms with Gasteiger partial charge in [0.15, 0.2) is 0 Å². The number of hydrogen-bond donors (Lipinski definition) is 3. The van der Waals surface area contributed by atoms with Crippen LogP contribution in [0.2, 0.25) is 0 Å². The predicted octanol–water partition coefficient (Wildman–Crippen LogP) is 2.69. The first-order valence-corrected chi connectivity index (χ1v) is 9.48. The highest BCUT2D eigenvalue weighted by Gasteiger charge is 2.62. The average molecular weight is 307 g/mol. The Hall–Kier alpha value is -0.120. The predicted molar refractivity (Wildman–Crippen MR) is 87.1 cm³/mol. The molecule has 3 nitrogen and oxygen atoms in total. The monoisotopic (exact) mass is 307 g/mol. The van der Waals surface area contributed by atoms with Crippen LogP contribution >= 0.6 is 0 Å². The van der Waals surface area contributed by atoms with E-state index in [9.17, 15) is 10.2 Å². The normalized spacial score (nSPS) is 61.2. The molecule has 9 atom stereocenters. The van der Waals surface area contributed by atoms with Crippen molar-refractivity contribution in [2.45, 2.75) is 83.5 Å². The number of aliphatic hydroxyl groups excluding tert-OH is 2. The Morgan fingerprint density at radius 2 is 1.55 bits per heavy atom. The molecule has 0 radical (unpaired) electrons. The van der Waals surface area contributed by atoms with Gasteiger partial charge in [-0.1, -0.05) is 13.8 Å². The van der Waals surface area contributed by atoms with Crippen LogP contribution < -0.4 is 5.73 Å². The van der Waals surface area contributed by atoms with Crippen LogP contribution in [0.4, 0.5) is 0 Å². The number of fused-ring (bicyclic) bond motifs is 5. The smallest absolute Gasteiger partial charge is 0.0596 e. The Bertz CT molecular complexity index is 455. The van der Waals surface area contributed by atoms with Crippen LogP contribution in [-0.2, 0) is 0 Å². The average Bonchev–Trinajstić information content (AvgIpc) is 2.77. The van der Waals surface area contributed by atoms with Gasteiger partial charge in [-0.15, -0.1) is 0 Å². The van der Waals surface area contributed by atoms with Crippen LogP contribution in [0.25, 0.3) is 0 Å². The second-order valence-corrected chi connectivity index (χ2v) is 9.47. The lowest BCUT2D eigenvalue weighted by molar-refractivity contribution is -0.169. The van der Waals surface area contributed by atoms with Gasteiger partial charge in [0.05, 0.1) is 12.2 Å². The van der Waals surface area contributed by atoms with E-state index < -0.39 is 0 Å². The van der Waals surface area contributed by atoms with Gasteiger partial charge in [0.1, 0.15) is 0 Å². The molecule has 4 saturated carbocycles. The third-order valence-corrected chi connectivity index (χ3v) is 8.67. The zero-order chi connectivity index (χ0) is 15.7. The second-order valence-electron chi connectivity index (χ2n) is 9.47. The quantitative estimate of drug-likeness (QED) is 0.644. The Balaban J connectivity index is 1.67. The molecule has 3 heteroatoms. The summed E-state index contributed by atoms with van der Waals surface area (Å²) in [6, 6.07) is 0.337. The van der Waals surface area contributed by atoms with Gasteiger partial charge in [0, 0.05) is 6.04 Å². The SMILES string of the molecule is C[C@]12CC[C@H](N)C[C@@H]1C[C@H](O)[C@@H]1[C@@H]2CC[C@]2(C)[C@@H](O)CC[C@@H]12. The Labute approximate surface area is 134 Å². The maximum absolute atomic E-state index is 11.0. The molecule has 0 bridgehead atoms. The van der Waals surface area contributed by atoms with E-state index in [0.717, 1.165) is 38.5 Å². The largest absolute Gasteiger partial charge is 0.393 e. The van der Waals surface area contributed by atoms with Crippen molar-refractivity contribution in [3.8, 4) is 0 Å². The summed E-state index contributed by atoms with van der Waals surface area (Å²) in [5.74, 6) is 2.16. The van der Waals surface area contributed by atoms with Crippen molar-refractivity contribution < 1.29 is 10.2 Å². The molecule has 126 valence electrons. The summed E-state index contributed by atoms with van der Waals surface area (Å²) in [7, 11) is 0. The number of aliphatic hydroxyl groups is 2. The van der Waals surface area contributed by atoms with Crippen LogP contribution in [0.1, 0.15) is 65.2 Å². The molecular weight excluding hydrogens is 274 g/mol. The van der Waals surface area contributed by atoms with Crippen molar-refractivity contribution in [3.05, 3.63) is 0 Å². The van der Waals surface area contributed by atoms with Crippen molar-refractivity contribution in [1.82, 2.24) is 0 Å². The molecule has 0 amide bonds. The molecule has 0 heterocycles. The Morgan fingerprint density at radius 3 is 2.32 bits per heavy atom. The molecule has 0 spiro atoms. The van der Waals surface area contributed by atoms with Gasteiger partial charge in [0.2, 0.25) is 0 Å². The minimum Gasteiger partial charge on any atom is -0.393 e. The molecule has 4 N–H and O–H groups in total. The van der Waals surface area contributed by atoms with E-state index in [1.807, 2.05) is 0 Å². The van der Waals surface area contributed by atoms with Gasteiger partial charge in [-0.25, -0.2) is 0 Å². The summed E-state index contributed by atoms with van der Waals surface area (Å²) < 4.78 is 0. The number of hydrogen-bond acceptors (Lipinski definition) is 3. The maximum Gasteiger partial charge on any atom is 0.0596 e. The highest BCUT2D eigenvalue weighted by atomic mass is 16.3. The van der Waals surface area contributed by atoms with Crippen LogP contribution in [-0.4, -0.2) is 28.5 Å². The van der Waals surface area contributed by atoms with Crippen molar-refractivity contribution in [3.63, 3.8) is 0 Å². The summed E-state index contributed by atoms with van der Waals surface area (Å²) in [5.41, 5.74) is 6.65. The zero-order valence-electron chi connectivity index (χ0n) is 14.2. The van der Waals surface area contributed by atoms with Gasteiger partial charge in [-0.2, -0.15) is 0 Å². The fraction of sp³-hybridized carbons (Fsp3) is 1.00. The van der Waals surface area contributed by atoms with Gasteiger partial charge in [0.25, 0.3) is 0 Å². The molecule has 4 aliphatic carbocycles. The molecule has 4 fully saturated rings. The first-order valence-electron chi connectivity index (χ1n) is 9.48. The third kappa shape index (κ3) is 1.91. The van der Waals surface area contributed by atoms with E-state index in [0.29, 0.717) is 35.1 Å². The van der Waals surface area contributed by atoms with Gasteiger partial charge in [-0.3, -0.25) is 0 Å². The molecule has 4 rings (SSSR count). The molecule has 0 unspecified atom stereocenters. The summed E-state index contributed by atoms with van der Waals surface area (Å²) in [4.78, 5) is 0. The molecule has 4 aliphatic rings. The van der Waals surface area contributed by atoms with E-state index in [4.69, 9.17) is 5.73 Å². The molecular formula is C19H33NO2. The third-order valence-electron chi connectivity index (χ3n) is 8.67. The minimum absolute atomic E-state index is 0.0520. The molecule has 22 heavy (non-hydrogen) atoms. The Kier molecular flexibility index (Phi) is 3.46. The van der Waals surface area contributed by atoms with Crippen molar-refractivity contribution >= 4 is 0 Å². The fourth-order valence-electron chi connectivity index (χ4n) is 7.23. The van der Waals surface area contributed by atoms with Crippen LogP contribution in [0.5, 0.6) is 0 Å². The number of nitrogens with two attached hydrogens (primary N) is 1. The minimum atomic E-state index is -0.178. The van der Waals surface area contributed by atoms with Gasteiger partial charge in [-0.05, 0) is 85.9 Å². The molecule has 0 aromatic heterocycles. The van der Waals surface area contributed by atoms with E-state index in [-0.39, 0.29) is 17.6 Å². The first kappa shape index (κ1) is 15.4. The van der Waals surface area contributed by atoms with E-state index in [1.165, 1.54) is 12.8 Å². The summed E-state index contributed by atoms with van der Waals surface area (Å²) in [6.45, 7) is 4.77. The highest BCUT2D eigenvalue weighted by molar-refractivity contribution is 5.11. The summed E-state index contributed by atoms with van der Waals surface area (Å²) in [6.07, 6.45) is 8.46. The van der Waals surface area contributed by atoms with Crippen molar-refractivity contribution in [2.24, 2.45) is 40.2 Å². The van der Waals surface area contributed by atoms with Crippen LogP contribution in [0.3, 0.4) is 0 Å². The zero-order valence-corrected chi connectivity index (χ0v) is 14.2. The van der Waals surface area contributed by atoms with E-state index in [1.54, 1.807) is 0 Å². The van der Waals surface area contributed by atoms with Crippen molar-refractivity contribution in [1.29, 1.82) is 0 Å². The van der Waals surface area contributed by atoms with Crippen LogP contribution in [0, 0.1) is 34.5 Å². The van der Waals surface area contributed by atoms with Crippen LogP contribution in [0.15, 0.2) is 0 Å². The van der Waals surface area contributed by atoms with Gasteiger partial charge < -0.3 is 15.9 Å². The lowest BCUT2D eigenvalue weighted by Gasteiger charge is -2.62.